The quantitative estimate of drug-likeness (QED) is 0.532. The second kappa shape index (κ2) is 5.39. The molecule has 98 valence electrons. The van der Waals surface area contributed by atoms with Gasteiger partial charge in [-0.15, -0.1) is 5.73 Å². The minimum atomic E-state index is -1.32. The maximum Gasteiger partial charge on any atom is 0.123 e. The molecule has 3 heteroatoms. The second-order valence-corrected chi connectivity index (χ2v) is 17.2. The van der Waals surface area contributed by atoms with Gasteiger partial charge in [0, 0.05) is 0 Å². The monoisotopic (exact) mass is 278 g/mol. The van der Waals surface area contributed by atoms with Crippen LogP contribution < -0.4 is 0 Å². The van der Waals surface area contributed by atoms with E-state index in [9.17, 15) is 4.39 Å². The largest absolute Gasteiger partial charge is 0.207 e. The highest BCUT2D eigenvalue weighted by Crippen LogP contribution is 2.24. The predicted molar refractivity (Wildman–Crippen MR) is 84.6 cm³/mol. The number of rotatable bonds is 3. The van der Waals surface area contributed by atoms with Crippen molar-refractivity contribution in [1.29, 1.82) is 0 Å². The molecule has 0 heterocycles. The average molecular weight is 279 g/mol. The molecule has 0 aliphatic carbocycles. The molecule has 1 rings (SSSR count). The second-order valence-electron chi connectivity index (χ2n) is 6.72. The van der Waals surface area contributed by atoms with Crippen LogP contribution >= 0.6 is 0 Å². The highest BCUT2D eigenvalue weighted by Gasteiger charge is 2.30. The highest BCUT2D eigenvalue weighted by atomic mass is 28.4. The zero-order valence-corrected chi connectivity index (χ0v) is 14.3. The fraction of sp³-hybridized carbons (Fsp3) is 0.400. The van der Waals surface area contributed by atoms with Gasteiger partial charge in [0.1, 0.15) is 5.82 Å². The Morgan fingerprint density at radius 3 is 1.78 bits per heavy atom. The Morgan fingerprint density at radius 2 is 1.39 bits per heavy atom. The first-order chi connectivity index (χ1) is 8.10. The molecule has 0 unspecified atom stereocenters. The summed E-state index contributed by atoms with van der Waals surface area (Å²) in [5.74, 6) is -0.188. The van der Waals surface area contributed by atoms with E-state index >= 15 is 0 Å². The van der Waals surface area contributed by atoms with Crippen molar-refractivity contribution < 1.29 is 4.39 Å². The molecule has 0 bridgehead atoms. The van der Waals surface area contributed by atoms with Gasteiger partial charge in [-0.2, -0.15) is 0 Å². The molecule has 1 aromatic carbocycles. The van der Waals surface area contributed by atoms with E-state index in [1.54, 1.807) is 17.0 Å². The van der Waals surface area contributed by atoms with E-state index in [1.165, 1.54) is 12.1 Å². The molecule has 0 fully saturated rings. The van der Waals surface area contributed by atoms with Crippen molar-refractivity contribution in [1.82, 2.24) is 0 Å². The first-order valence-electron chi connectivity index (χ1n) is 6.34. The highest BCUT2D eigenvalue weighted by molar-refractivity contribution is 7.04. The van der Waals surface area contributed by atoms with Gasteiger partial charge < -0.3 is 0 Å². The van der Waals surface area contributed by atoms with Crippen LogP contribution in [0.2, 0.25) is 39.3 Å². The third-order valence-electron chi connectivity index (χ3n) is 2.75. The Hall–Kier alpha value is -0.896. The minimum Gasteiger partial charge on any atom is -0.207 e. The zero-order valence-electron chi connectivity index (χ0n) is 12.3. The molecular formula is C15H23FSi2. The summed E-state index contributed by atoms with van der Waals surface area (Å²) in [4.78, 5) is 1.54. The number of benzene rings is 1. The maximum absolute atomic E-state index is 12.8. The third-order valence-corrected chi connectivity index (χ3v) is 10.5. The molecule has 1 aromatic rings. The Morgan fingerprint density at radius 1 is 0.944 bits per heavy atom. The van der Waals surface area contributed by atoms with Gasteiger partial charge in [0.05, 0.1) is 16.1 Å². The Kier molecular flexibility index (Phi) is 4.54. The topological polar surface area (TPSA) is 0 Å². The smallest absolute Gasteiger partial charge is 0.123 e. The first kappa shape index (κ1) is 15.2. The normalized spacial score (nSPS) is 11.9. The zero-order chi connectivity index (χ0) is 14.0. The van der Waals surface area contributed by atoms with E-state index in [1.807, 2.05) is 6.08 Å². The SMILES string of the molecule is C[Si](C)(C)C(=C=Cc1ccc(F)cc1)[Si](C)(C)C. The van der Waals surface area contributed by atoms with Crippen LogP contribution in [0, 0.1) is 5.82 Å². The van der Waals surface area contributed by atoms with Gasteiger partial charge in [-0.3, -0.25) is 0 Å². The summed E-state index contributed by atoms with van der Waals surface area (Å²) in [7, 11) is -2.65. The van der Waals surface area contributed by atoms with Gasteiger partial charge in [-0.05, 0) is 23.8 Å². The van der Waals surface area contributed by atoms with Crippen molar-refractivity contribution in [3.63, 3.8) is 0 Å². The van der Waals surface area contributed by atoms with Gasteiger partial charge in [-0.25, -0.2) is 4.39 Å². The fourth-order valence-electron chi connectivity index (χ4n) is 2.27. The van der Waals surface area contributed by atoms with Gasteiger partial charge in [-0.1, -0.05) is 56.2 Å². The standard InChI is InChI=1S/C15H23FSi2/c1-17(2,3)15(18(4,5)6)12-9-13-7-10-14(16)11-8-13/h7-11H,1-6H3. The van der Waals surface area contributed by atoms with Crippen LogP contribution in [0.4, 0.5) is 4.39 Å². The van der Waals surface area contributed by atoms with E-state index in [-0.39, 0.29) is 5.82 Å². The van der Waals surface area contributed by atoms with Crippen molar-refractivity contribution in [2.45, 2.75) is 39.3 Å². The lowest BCUT2D eigenvalue weighted by Crippen LogP contribution is -2.39. The van der Waals surface area contributed by atoms with Crippen molar-refractivity contribution >= 4 is 22.2 Å². The van der Waals surface area contributed by atoms with Gasteiger partial charge in [0.15, 0.2) is 0 Å². The molecule has 0 aliphatic heterocycles. The molecule has 0 N–H and O–H groups in total. The number of halogens is 1. The van der Waals surface area contributed by atoms with Crippen LogP contribution in [-0.4, -0.2) is 16.1 Å². The van der Waals surface area contributed by atoms with Crippen LogP contribution in [0.5, 0.6) is 0 Å². The van der Waals surface area contributed by atoms with Crippen molar-refractivity contribution in [2.75, 3.05) is 0 Å². The molecule has 18 heavy (non-hydrogen) atoms. The van der Waals surface area contributed by atoms with Gasteiger partial charge in [0.2, 0.25) is 0 Å². The molecule has 0 spiro atoms. The Balaban J connectivity index is 3.21. The van der Waals surface area contributed by atoms with E-state index in [4.69, 9.17) is 0 Å². The van der Waals surface area contributed by atoms with Crippen LogP contribution in [0.1, 0.15) is 5.56 Å². The van der Waals surface area contributed by atoms with Crippen molar-refractivity contribution in [3.8, 4) is 0 Å². The number of hydrogen-bond donors (Lipinski definition) is 0. The Bertz CT molecular complexity index is 451. The lowest BCUT2D eigenvalue weighted by atomic mass is 10.2. The molecule has 0 nitrogen and oxygen atoms in total. The summed E-state index contributed by atoms with van der Waals surface area (Å²) >= 11 is 0. The van der Waals surface area contributed by atoms with Crippen LogP contribution in [0.25, 0.3) is 6.08 Å². The van der Waals surface area contributed by atoms with Crippen LogP contribution in [0.15, 0.2) is 34.8 Å². The van der Waals surface area contributed by atoms with Crippen LogP contribution in [-0.2, 0) is 0 Å². The molecule has 0 radical (unpaired) electrons. The lowest BCUT2D eigenvalue weighted by molar-refractivity contribution is 0.628. The summed E-state index contributed by atoms with van der Waals surface area (Å²) in [5.41, 5.74) is 4.55. The first-order valence-corrected chi connectivity index (χ1v) is 13.3. The lowest BCUT2D eigenvalue weighted by Gasteiger charge is -2.29. The van der Waals surface area contributed by atoms with E-state index < -0.39 is 16.1 Å². The van der Waals surface area contributed by atoms with Crippen molar-refractivity contribution in [2.24, 2.45) is 0 Å². The van der Waals surface area contributed by atoms with Gasteiger partial charge >= 0.3 is 0 Å². The van der Waals surface area contributed by atoms with Gasteiger partial charge in [0.25, 0.3) is 0 Å². The molecule has 0 saturated carbocycles. The van der Waals surface area contributed by atoms with Crippen molar-refractivity contribution in [3.05, 3.63) is 46.2 Å². The fourth-order valence-corrected chi connectivity index (χ4v) is 12.3. The Labute approximate surface area is 112 Å². The summed E-state index contributed by atoms with van der Waals surface area (Å²) in [6, 6.07) is 6.59. The van der Waals surface area contributed by atoms with Crippen LogP contribution in [0.3, 0.4) is 0 Å². The van der Waals surface area contributed by atoms with E-state index in [0.29, 0.717) is 0 Å². The molecule has 0 amide bonds. The summed E-state index contributed by atoms with van der Waals surface area (Å²) in [6.07, 6.45) is 2.01. The summed E-state index contributed by atoms with van der Waals surface area (Å²) < 4.78 is 12.8. The summed E-state index contributed by atoms with van der Waals surface area (Å²) in [6.45, 7) is 14.2. The predicted octanol–water partition coefficient (Wildman–Crippen LogP) is 5.12. The molecule has 0 aromatic heterocycles. The van der Waals surface area contributed by atoms with E-state index in [2.05, 4.69) is 45.0 Å². The summed E-state index contributed by atoms with van der Waals surface area (Å²) in [5, 5.41) is 0. The number of hydrogen-bond acceptors (Lipinski definition) is 0. The third kappa shape index (κ3) is 4.41. The maximum atomic E-state index is 12.8. The minimum absolute atomic E-state index is 0.188. The average Bonchev–Trinajstić information content (AvgIpc) is 2.17. The molecule has 0 saturated heterocycles. The van der Waals surface area contributed by atoms with E-state index in [0.717, 1.165) is 5.56 Å². The molecular weight excluding hydrogens is 255 g/mol. The molecule has 0 aliphatic rings. The molecule has 0 atom stereocenters.